The van der Waals surface area contributed by atoms with E-state index < -0.39 is 30.7 Å². The number of nitrogens with one attached hydrogen (secondary N) is 2. The molecule has 1 saturated heterocycles. The van der Waals surface area contributed by atoms with E-state index in [1.807, 2.05) is 6.92 Å². The van der Waals surface area contributed by atoms with E-state index in [9.17, 15) is 19.2 Å². The van der Waals surface area contributed by atoms with Crippen LogP contribution in [0.2, 0.25) is 0 Å². The fourth-order valence-electron chi connectivity index (χ4n) is 3.72. The van der Waals surface area contributed by atoms with Crippen molar-refractivity contribution in [2.45, 2.75) is 83.2 Å². The van der Waals surface area contributed by atoms with Crippen molar-refractivity contribution in [1.82, 2.24) is 15.5 Å². The van der Waals surface area contributed by atoms with E-state index in [1.165, 1.54) is 6.42 Å². The van der Waals surface area contributed by atoms with E-state index in [0.29, 0.717) is 12.8 Å². The van der Waals surface area contributed by atoms with Gasteiger partial charge in [0.1, 0.15) is 12.1 Å². The molecule has 1 heterocycles. The van der Waals surface area contributed by atoms with E-state index in [2.05, 4.69) is 17.6 Å². The number of carbonyl (C=O) groups is 4. The summed E-state index contributed by atoms with van der Waals surface area (Å²) in [7, 11) is 0. The number of unbranched alkanes of at least 4 members (excludes halogenated alkanes) is 3. The minimum Gasteiger partial charge on any atom is -0.454 e. The average Bonchev–Trinajstić information content (AvgIpc) is 3.18. The number of amides is 4. The van der Waals surface area contributed by atoms with Crippen LogP contribution in [0.4, 0.5) is 4.79 Å². The third-order valence-electron chi connectivity index (χ3n) is 5.25. The van der Waals surface area contributed by atoms with Gasteiger partial charge in [0.05, 0.1) is 0 Å². The third kappa shape index (κ3) is 5.68. The predicted molar refractivity (Wildman–Crippen MR) is 98.8 cm³/mol. The van der Waals surface area contributed by atoms with Crippen molar-refractivity contribution >= 4 is 23.8 Å². The summed E-state index contributed by atoms with van der Waals surface area (Å²) in [6.45, 7) is 3.19. The molecule has 2 aliphatic rings. The zero-order valence-corrected chi connectivity index (χ0v) is 16.3. The normalized spacial score (nSPS) is 19.3. The van der Waals surface area contributed by atoms with Crippen LogP contribution < -0.4 is 10.6 Å². The number of nitrogens with zero attached hydrogens (tertiary/aromatic N) is 1. The van der Waals surface area contributed by atoms with Crippen LogP contribution >= 0.6 is 0 Å². The Hall–Kier alpha value is -2.12. The zero-order valence-electron chi connectivity index (χ0n) is 16.3. The molecule has 0 radical (unpaired) electrons. The van der Waals surface area contributed by atoms with Gasteiger partial charge in [-0.05, 0) is 26.2 Å². The van der Waals surface area contributed by atoms with E-state index in [-0.39, 0.29) is 17.9 Å². The van der Waals surface area contributed by atoms with Gasteiger partial charge in [-0.1, -0.05) is 45.4 Å². The van der Waals surface area contributed by atoms with Crippen LogP contribution in [0.3, 0.4) is 0 Å². The Morgan fingerprint density at radius 3 is 2.59 bits per heavy atom. The van der Waals surface area contributed by atoms with E-state index >= 15 is 0 Å². The summed E-state index contributed by atoms with van der Waals surface area (Å²) in [5.41, 5.74) is -0.845. The van der Waals surface area contributed by atoms with E-state index in [0.717, 1.165) is 43.4 Å². The lowest BCUT2D eigenvalue weighted by atomic mass is 9.98. The number of ether oxygens (including phenoxy) is 1. The minimum atomic E-state index is -0.845. The van der Waals surface area contributed by atoms with Crippen molar-refractivity contribution in [2.75, 3.05) is 13.2 Å². The molecule has 27 heavy (non-hydrogen) atoms. The summed E-state index contributed by atoms with van der Waals surface area (Å²) in [5.74, 6) is -1.51. The first-order chi connectivity index (χ1) is 12.9. The number of esters is 1. The molecule has 0 aromatic rings. The molecule has 4 amide bonds. The van der Waals surface area contributed by atoms with Crippen LogP contribution in [-0.2, 0) is 19.1 Å². The summed E-state index contributed by atoms with van der Waals surface area (Å²) in [4.78, 5) is 49.2. The Bertz CT molecular complexity index is 572. The van der Waals surface area contributed by atoms with Crippen LogP contribution in [0, 0.1) is 0 Å². The summed E-state index contributed by atoms with van der Waals surface area (Å²) >= 11 is 0. The summed E-state index contributed by atoms with van der Waals surface area (Å²) in [6.07, 6.45) is 8.36. The fraction of sp³-hybridized carbons (Fsp3) is 0.789. The number of carbonyl (C=O) groups excluding carboxylic acids is 4. The van der Waals surface area contributed by atoms with Gasteiger partial charge in [-0.25, -0.2) is 4.79 Å². The van der Waals surface area contributed by atoms with Crippen LogP contribution in [-0.4, -0.2) is 53.4 Å². The third-order valence-corrected chi connectivity index (χ3v) is 5.25. The Labute approximate surface area is 160 Å². The molecule has 0 unspecified atom stereocenters. The van der Waals surface area contributed by atoms with E-state index in [4.69, 9.17) is 4.74 Å². The molecular weight excluding hydrogens is 350 g/mol. The molecule has 0 aromatic heterocycles. The van der Waals surface area contributed by atoms with Gasteiger partial charge in [-0.2, -0.15) is 0 Å². The highest BCUT2D eigenvalue weighted by molar-refractivity contribution is 6.08. The maximum atomic E-state index is 12.5. The molecule has 152 valence electrons. The molecule has 8 nitrogen and oxygen atoms in total. The SMILES string of the molecule is CCCCCC[C@H](C)NC(=O)COC(=O)CN1C(=O)NC2(CCCC2)C1=O. The topological polar surface area (TPSA) is 105 Å². The van der Waals surface area contributed by atoms with Crippen LogP contribution in [0.1, 0.15) is 71.6 Å². The molecule has 2 N–H and O–H groups in total. The Morgan fingerprint density at radius 1 is 1.22 bits per heavy atom. The number of imide groups is 1. The largest absolute Gasteiger partial charge is 0.454 e. The molecule has 0 aromatic carbocycles. The van der Waals surface area contributed by atoms with Crippen molar-refractivity contribution in [1.29, 1.82) is 0 Å². The quantitative estimate of drug-likeness (QED) is 0.341. The predicted octanol–water partition coefficient (Wildman–Crippen LogP) is 1.87. The molecule has 0 bridgehead atoms. The molecule has 2 fully saturated rings. The van der Waals surface area contributed by atoms with Crippen molar-refractivity contribution < 1.29 is 23.9 Å². The second kappa shape index (κ2) is 9.71. The van der Waals surface area contributed by atoms with Gasteiger partial charge in [0.25, 0.3) is 11.8 Å². The highest BCUT2D eigenvalue weighted by Gasteiger charge is 2.52. The summed E-state index contributed by atoms with van der Waals surface area (Å²) in [5, 5.41) is 5.49. The molecule has 1 aliphatic carbocycles. The minimum absolute atomic E-state index is 0.0150. The molecule has 1 aliphatic heterocycles. The highest BCUT2D eigenvalue weighted by Crippen LogP contribution is 2.34. The number of hydrogen-bond donors (Lipinski definition) is 2. The van der Waals surface area contributed by atoms with Gasteiger partial charge < -0.3 is 15.4 Å². The zero-order chi connectivity index (χ0) is 19.9. The summed E-state index contributed by atoms with van der Waals surface area (Å²) in [6, 6.07) is -0.551. The maximum Gasteiger partial charge on any atom is 0.326 e. The standard InChI is InChI=1S/C19H31N3O5/c1-3-4-5-6-9-14(2)20-15(23)13-27-16(24)12-22-17(25)19(21-18(22)26)10-7-8-11-19/h14H,3-13H2,1-2H3,(H,20,23)(H,21,26)/t14-/m0/s1. The van der Waals surface area contributed by atoms with Gasteiger partial charge >= 0.3 is 12.0 Å². The van der Waals surface area contributed by atoms with Gasteiger partial charge in [-0.3, -0.25) is 19.3 Å². The van der Waals surface area contributed by atoms with Crippen LogP contribution in [0.15, 0.2) is 0 Å². The van der Waals surface area contributed by atoms with Gasteiger partial charge in [0.2, 0.25) is 0 Å². The average molecular weight is 381 g/mol. The van der Waals surface area contributed by atoms with Gasteiger partial charge in [0.15, 0.2) is 6.61 Å². The van der Waals surface area contributed by atoms with E-state index in [1.54, 1.807) is 0 Å². The second-order valence-electron chi connectivity index (χ2n) is 7.59. The molecule has 8 heteroatoms. The first kappa shape index (κ1) is 21.2. The molecule has 1 atom stereocenters. The smallest absolute Gasteiger partial charge is 0.326 e. The maximum absolute atomic E-state index is 12.5. The number of rotatable bonds is 10. The molecule has 1 saturated carbocycles. The first-order valence-corrected chi connectivity index (χ1v) is 9.97. The molecular formula is C19H31N3O5. The second-order valence-corrected chi connectivity index (χ2v) is 7.59. The lowest BCUT2D eigenvalue weighted by Crippen LogP contribution is -2.44. The monoisotopic (exact) mass is 381 g/mol. The number of hydrogen-bond acceptors (Lipinski definition) is 5. The van der Waals surface area contributed by atoms with Crippen molar-refractivity contribution in [3.63, 3.8) is 0 Å². The summed E-state index contributed by atoms with van der Waals surface area (Å²) < 4.78 is 4.93. The Morgan fingerprint density at radius 2 is 1.93 bits per heavy atom. The lowest BCUT2D eigenvalue weighted by molar-refractivity contribution is -0.151. The number of urea groups is 1. The first-order valence-electron chi connectivity index (χ1n) is 9.97. The fourth-order valence-corrected chi connectivity index (χ4v) is 3.72. The van der Waals surface area contributed by atoms with Gasteiger partial charge in [-0.15, -0.1) is 0 Å². The van der Waals surface area contributed by atoms with Crippen LogP contribution in [0.25, 0.3) is 0 Å². The molecule has 1 spiro atoms. The van der Waals surface area contributed by atoms with Gasteiger partial charge in [0, 0.05) is 6.04 Å². The lowest BCUT2D eigenvalue weighted by Gasteiger charge is -2.19. The van der Waals surface area contributed by atoms with Crippen LogP contribution in [0.5, 0.6) is 0 Å². The Kier molecular flexibility index (Phi) is 7.62. The van der Waals surface area contributed by atoms with Crippen molar-refractivity contribution in [3.8, 4) is 0 Å². The Balaban J connectivity index is 1.69. The van der Waals surface area contributed by atoms with Crippen molar-refractivity contribution in [2.24, 2.45) is 0 Å². The highest BCUT2D eigenvalue weighted by atomic mass is 16.5. The molecule has 2 rings (SSSR count). The van der Waals surface area contributed by atoms with Crippen molar-refractivity contribution in [3.05, 3.63) is 0 Å².